The van der Waals surface area contributed by atoms with Crippen LogP contribution in [0.15, 0.2) is 61.2 Å². The predicted octanol–water partition coefficient (Wildman–Crippen LogP) is 2.84. The van der Waals surface area contributed by atoms with E-state index in [1.54, 1.807) is 23.4 Å². The molecule has 2 amide bonds. The van der Waals surface area contributed by atoms with E-state index in [4.69, 9.17) is 15.2 Å². The van der Waals surface area contributed by atoms with Gasteiger partial charge in [-0.15, -0.1) is 0 Å². The largest absolute Gasteiger partial charge is 0.494 e. The normalized spacial score (nSPS) is 18.3. The number of nitrogens with two attached hydrogens (primary N) is 1. The number of ketones is 1. The highest BCUT2D eigenvalue weighted by Gasteiger charge is 2.32. The smallest absolute Gasteiger partial charge is 0.295 e. The molecule has 5 N–H and O–H groups in total. The number of nitrogens with zero attached hydrogens (tertiary/aromatic N) is 7. The highest BCUT2D eigenvalue weighted by molar-refractivity contribution is 6.45. The van der Waals surface area contributed by atoms with Gasteiger partial charge in [-0.25, -0.2) is 9.97 Å². The van der Waals surface area contributed by atoms with Gasteiger partial charge in [0.1, 0.15) is 11.3 Å². The minimum absolute atomic E-state index is 0.0833. The maximum atomic E-state index is 13.0. The zero-order valence-corrected chi connectivity index (χ0v) is 28.9. The van der Waals surface area contributed by atoms with Crippen LogP contribution in [0.1, 0.15) is 46.0 Å². The van der Waals surface area contributed by atoms with Crippen molar-refractivity contribution >= 4 is 51.4 Å². The quantitative estimate of drug-likeness (QED) is 0.0991. The molecule has 0 spiro atoms. The molecular formula is C36H40N10O6. The molecule has 16 heteroatoms. The number of hydrogen-bond acceptors (Lipinski definition) is 12. The van der Waals surface area contributed by atoms with Crippen molar-refractivity contribution in [1.82, 2.24) is 39.3 Å². The summed E-state index contributed by atoms with van der Waals surface area (Å²) in [7, 11) is 2.94. The molecule has 2 atom stereocenters. The van der Waals surface area contributed by atoms with Crippen LogP contribution in [0, 0.1) is 5.92 Å². The zero-order chi connectivity index (χ0) is 36.4. The lowest BCUT2D eigenvalue weighted by atomic mass is 10.1. The second-order valence-electron chi connectivity index (χ2n) is 12.9. The summed E-state index contributed by atoms with van der Waals surface area (Å²) in [5.41, 5.74) is 8.63. The number of carbonyl (C=O) groups excluding carboxylic acids is 3. The fraction of sp³-hybridized carbons (Fsp3) is 0.361. The number of fused-ring (bicyclic) bond motifs is 2. The van der Waals surface area contributed by atoms with Gasteiger partial charge in [-0.1, -0.05) is 30.4 Å². The van der Waals surface area contributed by atoms with E-state index in [1.807, 2.05) is 28.8 Å². The Morgan fingerprint density at radius 2 is 1.75 bits per heavy atom. The number of H-pyrrole nitrogens is 1. The molecule has 3 aliphatic rings. The molecule has 52 heavy (non-hydrogen) atoms. The number of methoxy groups -OCH3 is 2. The van der Waals surface area contributed by atoms with Crippen LogP contribution in [-0.2, 0) is 4.79 Å². The summed E-state index contributed by atoms with van der Waals surface area (Å²) in [5.74, 6) is 0.496. The third kappa shape index (κ3) is 6.84. The molecule has 0 unspecified atom stereocenters. The highest BCUT2D eigenvalue weighted by atomic mass is 16.5. The number of ether oxygens (including phenoxy) is 2. The highest BCUT2D eigenvalue weighted by Crippen LogP contribution is 2.34. The van der Waals surface area contributed by atoms with Crippen LogP contribution in [0.25, 0.3) is 22.1 Å². The number of nitrogen functional groups attached to an aromatic ring is 1. The average molecular weight is 709 g/mol. The lowest BCUT2D eigenvalue weighted by molar-refractivity contribution is -0.127. The Balaban J connectivity index is 0.000000174. The van der Waals surface area contributed by atoms with E-state index in [9.17, 15) is 19.5 Å². The number of benzene rings is 1. The Hall–Kier alpha value is -6.03. The second kappa shape index (κ2) is 14.7. The van der Waals surface area contributed by atoms with Crippen molar-refractivity contribution in [1.29, 1.82) is 0 Å². The molecule has 0 radical (unpaired) electrons. The summed E-state index contributed by atoms with van der Waals surface area (Å²) >= 11 is 0. The van der Waals surface area contributed by atoms with Crippen LogP contribution < -0.4 is 20.5 Å². The topological polar surface area (TPSA) is 207 Å². The van der Waals surface area contributed by atoms with Gasteiger partial charge in [-0.2, -0.15) is 9.97 Å². The van der Waals surface area contributed by atoms with Gasteiger partial charge >= 0.3 is 0 Å². The molecule has 5 aromatic rings. The van der Waals surface area contributed by atoms with Gasteiger partial charge in [0.05, 0.1) is 43.7 Å². The number of carbonyl (C=O) groups is 3. The fourth-order valence-electron chi connectivity index (χ4n) is 6.51. The lowest BCUT2D eigenvalue weighted by Gasteiger charge is -2.34. The molecule has 16 nitrogen and oxygen atoms in total. The number of piperazine rings is 1. The molecule has 5 heterocycles. The number of Topliss-reactive ketones (excluding diaryl/α,β-unsaturated/α-hetero) is 1. The maximum Gasteiger partial charge on any atom is 0.295 e. The summed E-state index contributed by atoms with van der Waals surface area (Å²) < 4.78 is 12.6. The number of hydrogen-bond donors (Lipinski definition) is 4. The number of aliphatic hydroxyl groups excluding tert-OH is 1. The third-order valence-corrected chi connectivity index (χ3v) is 9.46. The number of aromatic nitrogens is 6. The van der Waals surface area contributed by atoms with E-state index in [2.05, 4.69) is 36.3 Å². The van der Waals surface area contributed by atoms with E-state index >= 15 is 0 Å². The number of aromatic amines is 1. The van der Waals surface area contributed by atoms with Crippen LogP contribution in [0.4, 0.5) is 11.8 Å². The van der Waals surface area contributed by atoms with Crippen molar-refractivity contribution in [3.63, 3.8) is 0 Å². The van der Waals surface area contributed by atoms with Gasteiger partial charge in [0, 0.05) is 56.5 Å². The van der Waals surface area contributed by atoms with Gasteiger partial charge in [0.15, 0.2) is 17.0 Å². The summed E-state index contributed by atoms with van der Waals surface area (Å²) in [6.45, 7) is 1.47. The molecule has 0 bridgehead atoms. The number of aliphatic hydroxyl groups is 1. The van der Waals surface area contributed by atoms with Crippen LogP contribution in [0.3, 0.4) is 0 Å². The Morgan fingerprint density at radius 3 is 2.42 bits per heavy atom. The first kappa shape index (κ1) is 34.4. The predicted molar refractivity (Wildman–Crippen MR) is 192 cm³/mol. The number of nitrogens with one attached hydrogen (secondary N) is 2. The maximum absolute atomic E-state index is 13.0. The summed E-state index contributed by atoms with van der Waals surface area (Å²) in [6, 6.07) is 9.64. The molecular weight excluding hydrogens is 668 g/mol. The first-order chi connectivity index (χ1) is 25.3. The zero-order valence-electron chi connectivity index (χ0n) is 28.9. The average Bonchev–Trinajstić information content (AvgIpc) is 3.51. The Bertz CT molecular complexity index is 2140. The van der Waals surface area contributed by atoms with E-state index in [0.29, 0.717) is 47.2 Å². The monoisotopic (exact) mass is 708 g/mol. The first-order valence-electron chi connectivity index (χ1n) is 17.1. The number of anilines is 2. The van der Waals surface area contributed by atoms with Crippen LogP contribution in [0.2, 0.25) is 0 Å². The minimum atomic E-state index is -0.652. The van der Waals surface area contributed by atoms with Crippen LogP contribution in [0.5, 0.6) is 11.6 Å². The van der Waals surface area contributed by atoms with Crippen molar-refractivity contribution < 1.29 is 29.0 Å². The van der Waals surface area contributed by atoms with Gasteiger partial charge in [0.25, 0.3) is 17.6 Å². The van der Waals surface area contributed by atoms with E-state index < -0.39 is 11.7 Å². The molecule has 270 valence electrons. The number of allylic oxidation sites excluding steroid dienone is 1. The molecule has 1 saturated heterocycles. The molecule has 1 saturated carbocycles. The van der Waals surface area contributed by atoms with Crippen molar-refractivity contribution in [3.8, 4) is 11.6 Å². The molecule has 1 aliphatic heterocycles. The van der Waals surface area contributed by atoms with Gasteiger partial charge < -0.3 is 45.0 Å². The second-order valence-corrected chi connectivity index (χ2v) is 12.9. The van der Waals surface area contributed by atoms with Crippen molar-refractivity contribution in [3.05, 3.63) is 72.3 Å². The lowest BCUT2D eigenvalue weighted by Crippen LogP contribution is -2.52. The Morgan fingerprint density at radius 1 is 1.00 bits per heavy atom. The summed E-state index contributed by atoms with van der Waals surface area (Å²) in [6.07, 6.45) is 12.0. The van der Waals surface area contributed by atoms with E-state index in [-0.39, 0.29) is 49.1 Å². The molecule has 2 fully saturated rings. The number of imidazole rings is 1. The van der Waals surface area contributed by atoms with Crippen molar-refractivity contribution in [2.45, 2.75) is 31.3 Å². The number of amides is 2. The Labute approximate surface area is 298 Å². The van der Waals surface area contributed by atoms with Gasteiger partial charge in [-0.3, -0.25) is 14.4 Å². The van der Waals surface area contributed by atoms with Gasteiger partial charge in [-0.05, 0) is 31.4 Å². The van der Waals surface area contributed by atoms with Gasteiger partial charge in [0.2, 0.25) is 11.8 Å². The standard InChI is InChI=1S/C22H22N4O5.C14H18N6O/c1-30-16-13-24-20(31-2)18-17(16)15(12-23-18)19(27)22(29)26-10-8-25(9-11-26)21(28)14-6-4-3-5-7-14;15-14-18-12(17-9-2-3-9)11-13(19-14)20(7-16-11)10-4-1-8(5-10)6-21/h3-7,12-13,23H,8-11H2,1-2H3;1,4,7-10,21H,2-3,5-6H2,(H3,15,17,18,19)/t;8-,10+/m.1/s1. The SMILES string of the molecule is COc1ncc(OC)c2c(C(=O)C(=O)N3CCN(C(=O)c4ccccc4)CC3)c[nH]c12.Nc1nc(NC2CC2)c2ncn([C@H]3C=C[C@@H](CO)C3)c2n1. The van der Waals surface area contributed by atoms with Crippen LogP contribution in [-0.4, -0.2) is 115 Å². The Kier molecular flexibility index (Phi) is 9.71. The number of pyridine rings is 1. The molecule has 2 aliphatic carbocycles. The summed E-state index contributed by atoms with van der Waals surface area (Å²) in [5, 5.41) is 13.1. The summed E-state index contributed by atoms with van der Waals surface area (Å²) in [4.78, 5) is 61.8. The van der Waals surface area contributed by atoms with Crippen molar-refractivity contribution in [2.24, 2.45) is 5.92 Å². The number of rotatable bonds is 9. The molecule has 4 aromatic heterocycles. The molecule has 1 aromatic carbocycles. The van der Waals surface area contributed by atoms with E-state index in [1.165, 1.54) is 31.5 Å². The van der Waals surface area contributed by atoms with Crippen LogP contribution >= 0.6 is 0 Å². The third-order valence-electron chi connectivity index (χ3n) is 9.46. The first-order valence-corrected chi connectivity index (χ1v) is 17.1. The molecule has 8 rings (SSSR count). The fourth-order valence-corrected chi connectivity index (χ4v) is 6.51. The minimum Gasteiger partial charge on any atom is -0.494 e. The van der Waals surface area contributed by atoms with Crippen molar-refractivity contribution in [2.75, 3.05) is 58.1 Å². The van der Waals surface area contributed by atoms with E-state index in [0.717, 1.165) is 36.2 Å².